The minimum absolute atomic E-state index is 0.236. The van der Waals surface area contributed by atoms with E-state index >= 15 is 0 Å². The first-order valence-electron chi connectivity index (χ1n) is 6.24. The summed E-state index contributed by atoms with van der Waals surface area (Å²) in [5.74, 6) is -11.3. The molecule has 2 atom stereocenters. The standard InChI is InChI=1S/C13H12O10/c1-6-3-8(14)20-5-12(18,22-10(6)16)13(19)21-9(15)4-7(2)11(17)23-13/h3-4,18-19H,5H2,1-2H3/b6-3-. The van der Waals surface area contributed by atoms with Crippen molar-refractivity contribution in [1.82, 2.24) is 0 Å². The number of ether oxygens (including phenoxy) is 4. The molecule has 0 aliphatic carbocycles. The maximum Gasteiger partial charge on any atom is 0.447 e. The van der Waals surface area contributed by atoms with E-state index in [0.717, 1.165) is 6.08 Å². The molecule has 0 saturated heterocycles. The number of aliphatic hydroxyl groups is 2. The monoisotopic (exact) mass is 328 g/mol. The number of esters is 4. The van der Waals surface area contributed by atoms with E-state index in [2.05, 4.69) is 18.9 Å². The van der Waals surface area contributed by atoms with E-state index in [4.69, 9.17) is 0 Å². The fourth-order valence-corrected chi connectivity index (χ4v) is 1.65. The fourth-order valence-electron chi connectivity index (χ4n) is 1.65. The Balaban J connectivity index is 2.42. The molecule has 2 unspecified atom stereocenters. The highest BCUT2D eigenvalue weighted by Crippen LogP contribution is 2.32. The largest absolute Gasteiger partial charge is 0.455 e. The van der Waals surface area contributed by atoms with Crippen molar-refractivity contribution in [2.45, 2.75) is 25.6 Å². The molecule has 10 nitrogen and oxygen atoms in total. The zero-order chi connectivity index (χ0) is 17.4. The Morgan fingerprint density at radius 3 is 2.00 bits per heavy atom. The van der Waals surface area contributed by atoms with Crippen molar-refractivity contribution in [3.05, 3.63) is 23.3 Å². The average molecular weight is 328 g/mol. The first-order chi connectivity index (χ1) is 10.6. The zero-order valence-corrected chi connectivity index (χ0v) is 12.0. The third kappa shape index (κ3) is 3.07. The van der Waals surface area contributed by atoms with Gasteiger partial charge in [0.1, 0.15) is 0 Å². The Hall–Kier alpha value is -2.72. The number of carbonyl (C=O) groups is 4. The van der Waals surface area contributed by atoms with Gasteiger partial charge in [-0.1, -0.05) is 0 Å². The van der Waals surface area contributed by atoms with Crippen LogP contribution in [0.15, 0.2) is 23.3 Å². The minimum atomic E-state index is -3.41. The second kappa shape index (κ2) is 5.48. The number of cyclic esters (lactones) is 4. The number of hydrogen-bond donors (Lipinski definition) is 2. The summed E-state index contributed by atoms with van der Waals surface area (Å²) in [5, 5.41) is 20.6. The molecule has 0 aromatic rings. The third-order valence-electron chi connectivity index (χ3n) is 2.95. The quantitative estimate of drug-likeness (QED) is 0.427. The highest BCUT2D eigenvalue weighted by molar-refractivity contribution is 5.98. The molecule has 23 heavy (non-hydrogen) atoms. The van der Waals surface area contributed by atoms with E-state index in [0.29, 0.717) is 6.08 Å². The van der Waals surface area contributed by atoms with Crippen LogP contribution in [0.5, 0.6) is 0 Å². The van der Waals surface area contributed by atoms with Gasteiger partial charge in [0.25, 0.3) is 0 Å². The van der Waals surface area contributed by atoms with Gasteiger partial charge in [-0.05, 0) is 13.8 Å². The summed E-state index contributed by atoms with van der Waals surface area (Å²) in [6.45, 7) is 1.21. The Bertz CT molecular complexity index is 660. The summed E-state index contributed by atoms with van der Waals surface area (Å²) in [6.07, 6.45) is 1.49. The second-order valence-electron chi connectivity index (χ2n) is 4.83. The summed E-state index contributed by atoms with van der Waals surface area (Å²) in [6, 6.07) is 0. The summed E-state index contributed by atoms with van der Waals surface area (Å²) in [5.41, 5.74) is -0.503. The van der Waals surface area contributed by atoms with Crippen LogP contribution in [0.25, 0.3) is 0 Å². The molecule has 0 aromatic heterocycles. The lowest BCUT2D eigenvalue weighted by atomic mass is 10.2. The Kier molecular flexibility index (Phi) is 3.97. The van der Waals surface area contributed by atoms with E-state index in [1.54, 1.807) is 0 Å². The van der Waals surface area contributed by atoms with Crippen molar-refractivity contribution in [3.8, 4) is 0 Å². The molecule has 0 spiro atoms. The van der Waals surface area contributed by atoms with Crippen molar-refractivity contribution in [2.24, 2.45) is 0 Å². The number of hydrogen-bond acceptors (Lipinski definition) is 10. The molecule has 10 heteroatoms. The van der Waals surface area contributed by atoms with Crippen LogP contribution < -0.4 is 0 Å². The molecule has 2 aliphatic rings. The van der Waals surface area contributed by atoms with Gasteiger partial charge in [-0.25, -0.2) is 19.2 Å². The smallest absolute Gasteiger partial charge is 0.447 e. The summed E-state index contributed by atoms with van der Waals surface area (Å²) in [7, 11) is 0. The Morgan fingerprint density at radius 2 is 1.39 bits per heavy atom. The van der Waals surface area contributed by atoms with Crippen molar-refractivity contribution < 1.29 is 48.3 Å². The molecule has 2 heterocycles. The summed E-state index contributed by atoms with van der Waals surface area (Å²) >= 11 is 0. The predicted molar refractivity (Wildman–Crippen MR) is 66.6 cm³/mol. The van der Waals surface area contributed by atoms with Gasteiger partial charge in [0.2, 0.25) is 0 Å². The fraction of sp³-hybridized carbons (Fsp3) is 0.385. The van der Waals surface area contributed by atoms with E-state index in [1.165, 1.54) is 13.8 Å². The maximum absolute atomic E-state index is 11.8. The molecule has 0 saturated carbocycles. The van der Waals surface area contributed by atoms with Crippen LogP contribution in [0.3, 0.4) is 0 Å². The molecular formula is C13H12O10. The van der Waals surface area contributed by atoms with Crippen molar-refractivity contribution >= 4 is 23.9 Å². The van der Waals surface area contributed by atoms with E-state index in [9.17, 15) is 29.4 Å². The van der Waals surface area contributed by atoms with Crippen molar-refractivity contribution in [1.29, 1.82) is 0 Å². The van der Waals surface area contributed by atoms with Gasteiger partial charge >= 0.3 is 35.6 Å². The first-order valence-corrected chi connectivity index (χ1v) is 6.24. The van der Waals surface area contributed by atoms with Gasteiger partial charge in [0, 0.05) is 23.3 Å². The molecule has 2 N–H and O–H groups in total. The molecule has 0 radical (unpaired) electrons. The van der Waals surface area contributed by atoms with E-state index in [1.807, 2.05) is 0 Å². The predicted octanol–water partition coefficient (Wildman–Crippen LogP) is -1.59. The van der Waals surface area contributed by atoms with Crippen LogP contribution in [-0.4, -0.2) is 52.5 Å². The summed E-state index contributed by atoms with van der Waals surface area (Å²) < 4.78 is 18.1. The van der Waals surface area contributed by atoms with Crippen LogP contribution in [0.4, 0.5) is 0 Å². The Morgan fingerprint density at radius 1 is 0.870 bits per heavy atom. The SMILES string of the molecule is CC1=CC(=O)OC(O)(C2(O)COC(=O)/C=C(/C)C(=O)O2)OC1=O. The topological polar surface area (TPSA) is 146 Å². The molecule has 0 amide bonds. The van der Waals surface area contributed by atoms with Crippen molar-refractivity contribution in [3.63, 3.8) is 0 Å². The molecule has 2 aliphatic heterocycles. The van der Waals surface area contributed by atoms with Crippen LogP contribution >= 0.6 is 0 Å². The minimum Gasteiger partial charge on any atom is -0.455 e. The van der Waals surface area contributed by atoms with Gasteiger partial charge in [0.15, 0.2) is 6.61 Å². The van der Waals surface area contributed by atoms with Crippen LogP contribution in [0.1, 0.15) is 13.8 Å². The first kappa shape index (κ1) is 16.6. The van der Waals surface area contributed by atoms with Gasteiger partial charge in [-0.3, -0.25) is 0 Å². The van der Waals surface area contributed by atoms with Crippen LogP contribution in [0, 0.1) is 0 Å². The zero-order valence-electron chi connectivity index (χ0n) is 12.0. The normalized spacial score (nSPS) is 34.4. The highest BCUT2D eigenvalue weighted by atomic mass is 16.9. The maximum atomic E-state index is 11.8. The van der Waals surface area contributed by atoms with Crippen LogP contribution in [-0.2, 0) is 38.1 Å². The number of carbonyl (C=O) groups excluding carboxylic acids is 4. The lowest BCUT2D eigenvalue weighted by molar-refractivity contribution is -0.445. The number of rotatable bonds is 1. The van der Waals surface area contributed by atoms with E-state index < -0.39 is 42.2 Å². The molecule has 0 bridgehead atoms. The van der Waals surface area contributed by atoms with Gasteiger partial charge in [0.05, 0.1) is 0 Å². The highest BCUT2D eigenvalue weighted by Gasteiger charge is 2.63. The van der Waals surface area contributed by atoms with Gasteiger partial charge in [-0.15, -0.1) is 0 Å². The molecule has 0 aromatic carbocycles. The molecule has 0 fully saturated rings. The van der Waals surface area contributed by atoms with Crippen LogP contribution in [0.2, 0.25) is 0 Å². The van der Waals surface area contributed by atoms with Gasteiger partial charge < -0.3 is 29.2 Å². The summed E-state index contributed by atoms with van der Waals surface area (Å²) in [4.78, 5) is 46.4. The molecule has 2 rings (SSSR count). The second-order valence-corrected chi connectivity index (χ2v) is 4.83. The third-order valence-corrected chi connectivity index (χ3v) is 2.95. The average Bonchev–Trinajstić information content (AvgIpc) is 2.52. The van der Waals surface area contributed by atoms with Gasteiger partial charge in [-0.2, -0.15) is 0 Å². The van der Waals surface area contributed by atoms with Crippen molar-refractivity contribution in [2.75, 3.05) is 6.61 Å². The molecular weight excluding hydrogens is 316 g/mol. The molecule has 124 valence electrons. The lowest BCUT2D eigenvalue weighted by Gasteiger charge is -2.38. The Labute approximate surface area is 128 Å². The van der Waals surface area contributed by atoms with E-state index in [-0.39, 0.29) is 11.1 Å². The lowest BCUT2D eigenvalue weighted by Crippen LogP contribution is -2.64.